The zero-order valence-electron chi connectivity index (χ0n) is 23.2. The molecule has 0 heterocycles. The van der Waals surface area contributed by atoms with Gasteiger partial charge in [0, 0.05) is 5.41 Å². The molecule has 0 aromatic heterocycles. The SMILES string of the molecule is C=C(C)CCC[C@@H](COS(=O)(=O)[O-])[C@H]1CC[C@H]2[C@@H]3CC[C@]4(O)[C@H](O)[C@H](OS(=O)(=O)[O-])CC[C@]4(C)[C@H]3CC[C@]12C. The van der Waals surface area contributed by atoms with Crippen LogP contribution in [0.15, 0.2) is 12.2 Å². The first-order chi connectivity index (χ1) is 17.9. The predicted octanol–water partition coefficient (Wildman–Crippen LogP) is 3.42. The van der Waals surface area contributed by atoms with Crippen molar-refractivity contribution in [2.75, 3.05) is 6.61 Å². The molecule has 0 radical (unpaired) electrons. The van der Waals surface area contributed by atoms with Crippen molar-refractivity contribution in [2.24, 2.45) is 40.4 Å². The van der Waals surface area contributed by atoms with Gasteiger partial charge in [0.1, 0.15) is 12.2 Å². The molecule has 4 fully saturated rings. The van der Waals surface area contributed by atoms with Gasteiger partial charge >= 0.3 is 0 Å². The predicted molar refractivity (Wildman–Crippen MR) is 140 cm³/mol. The van der Waals surface area contributed by atoms with E-state index in [0.717, 1.165) is 50.5 Å². The van der Waals surface area contributed by atoms with E-state index in [0.29, 0.717) is 18.8 Å². The van der Waals surface area contributed by atoms with E-state index in [4.69, 9.17) is 4.18 Å². The van der Waals surface area contributed by atoms with Crippen LogP contribution in [0.3, 0.4) is 0 Å². The maximum atomic E-state index is 11.8. The van der Waals surface area contributed by atoms with Gasteiger partial charge in [-0.2, -0.15) is 0 Å². The summed E-state index contributed by atoms with van der Waals surface area (Å²) in [5.74, 6) is 0.850. The standard InChI is InChI=1S/C27H46O10S2/c1-17(2)6-5-7-18(16-36-38(30,31)32)20-8-9-21-19-10-15-27(29)24(28)23(37-39(33,34)35)12-14-26(27,4)22(19)11-13-25(20,21)3/h18-24,28-29H,1,5-16H2,2-4H3,(H,30,31,32)(H,33,34,35)/p-2/t18-,19-,20+,21-,22-,23+,24+,25+,26+,27-/m0/s1. The van der Waals surface area contributed by atoms with Gasteiger partial charge in [0.05, 0.1) is 12.2 Å². The Bertz CT molecular complexity index is 1140. The zero-order chi connectivity index (χ0) is 29.0. The molecule has 0 bridgehead atoms. The number of aliphatic hydroxyl groups is 2. The highest BCUT2D eigenvalue weighted by molar-refractivity contribution is 7.81. The molecule has 12 heteroatoms. The summed E-state index contributed by atoms with van der Waals surface area (Å²) in [7, 11) is -9.81. The monoisotopic (exact) mass is 592 g/mol. The van der Waals surface area contributed by atoms with Crippen molar-refractivity contribution in [3.63, 3.8) is 0 Å². The van der Waals surface area contributed by atoms with E-state index in [1.54, 1.807) is 0 Å². The highest BCUT2D eigenvalue weighted by Gasteiger charge is 2.67. The average molecular weight is 593 g/mol. The fourth-order valence-electron chi connectivity index (χ4n) is 9.57. The van der Waals surface area contributed by atoms with Crippen LogP contribution in [0.5, 0.6) is 0 Å². The third-order valence-electron chi connectivity index (χ3n) is 11.4. The van der Waals surface area contributed by atoms with Crippen LogP contribution in [0.1, 0.15) is 91.4 Å². The fraction of sp³-hybridized carbons (Fsp3) is 0.926. The summed E-state index contributed by atoms with van der Waals surface area (Å²) >= 11 is 0. The summed E-state index contributed by atoms with van der Waals surface area (Å²) in [5, 5.41) is 22.9. The highest BCUT2D eigenvalue weighted by atomic mass is 32.3. The van der Waals surface area contributed by atoms with Crippen LogP contribution in [0.2, 0.25) is 0 Å². The Labute approximate surface area is 233 Å². The van der Waals surface area contributed by atoms with Crippen molar-refractivity contribution >= 4 is 20.8 Å². The molecule has 2 N–H and O–H groups in total. The van der Waals surface area contributed by atoms with Crippen molar-refractivity contribution in [3.05, 3.63) is 12.2 Å². The molecule has 10 atom stereocenters. The van der Waals surface area contributed by atoms with Gasteiger partial charge in [-0.15, -0.1) is 6.58 Å². The first-order valence-electron chi connectivity index (χ1n) is 14.2. The molecule has 39 heavy (non-hydrogen) atoms. The quantitative estimate of drug-likeness (QED) is 0.217. The Kier molecular flexibility index (Phi) is 8.77. The van der Waals surface area contributed by atoms with Gasteiger partial charge < -0.3 is 19.3 Å². The molecular formula is C27H44O10S2-2. The number of rotatable bonds is 10. The first-order valence-corrected chi connectivity index (χ1v) is 16.9. The molecule has 0 aliphatic heterocycles. The Hall–Kier alpha value is -0.600. The van der Waals surface area contributed by atoms with Crippen LogP contribution < -0.4 is 0 Å². The van der Waals surface area contributed by atoms with Gasteiger partial charge in [-0.05, 0) is 113 Å². The molecule has 10 nitrogen and oxygen atoms in total. The first kappa shape index (κ1) is 31.3. The van der Waals surface area contributed by atoms with E-state index in [1.807, 2.05) is 13.8 Å². The van der Waals surface area contributed by atoms with Crippen LogP contribution in [0, 0.1) is 40.4 Å². The molecule has 4 rings (SSSR count). The summed E-state index contributed by atoms with van der Waals surface area (Å²) < 4.78 is 77.1. The largest absolute Gasteiger partial charge is 0.726 e. The summed E-state index contributed by atoms with van der Waals surface area (Å²) in [6, 6.07) is 0. The van der Waals surface area contributed by atoms with E-state index in [-0.39, 0.29) is 48.5 Å². The Morgan fingerprint density at radius 1 is 1.00 bits per heavy atom. The minimum atomic E-state index is -5.02. The third kappa shape index (κ3) is 6.00. The molecule has 4 aliphatic rings. The summed E-state index contributed by atoms with van der Waals surface area (Å²) in [6.45, 7) is 10.1. The second kappa shape index (κ2) is 10.9. The Morgan fingerprint density at radius 3 is 2.31 bits per heavy atom. The lowest BCUT2D eigenvalue weighted by Crippen LogP contribution is -2.69. The molecule has 0 spiro atoms. The van der Waals surface area contributed by atoms with Crippen LogP contribution in [-0.4, -0.2) is 60.6 Å². The van der Waals surface area contributed by atoms with Crippen molar-refractivity contribution in [3.8, 4) is 0 Å². The van der Waals surface area contributed by atoms with Crippen molar-refractivity contribution in [2.45, 2.75) is 109 Å². The number of hydrogen-bond acceptors (Lipinski definition) is 10. The number of aliphatic hydroxyl groups excluding tert-OH is 1. The van der Waals surface area contributed by atoms with Gasteiger partial charge in [0.15, 0.2) is 0 Å². The summed E-state index contributed by atoms with van der Waals surface area (Å²) in [4.78, 5) is 0. The second-order valence-electron chi connectivity index (χ2n) is 13.3. The van der Waals surface area contributed by atoms with Gasteiger partial charge in [-0.25, -0.2) is 16.8 Å². The lowest BCUT2D eigenvalue weighted by Gasteiger charge is -2.65. The van der Waals surface area contributed by atoms with Crippen LogP contribution in [0.25, 0.3) is 0 Å². The number of fused-ring (bicyclic) bond motifs is 5. The molecule has 0 aromatic carbocycles. The molecule has 4 saturated carbocycles. The highest BCUT2D eigenvalue weighted by Crippen LogP contribution is 2.69. The van der Waals surface area contributed by atoms with Crippen LogP contribution >= 0.6 is 0 Å². The Morgan fingerprint density at radius 2 is 1.69 bits per heavy atom. The second-order valence-corrected chi connectivity index (χ2v) is 15.4. The molecule has 0 saturated heterocycles. The van der Waals surface area contributed by atoms with Gasteiger partial charge in [-0.1, -0.05) is 19.4 Å². The number of allylic oxidation sites excluding steroid dienone is 1. The topological polar surface area (TPSA) is 173 Å². The summed E-state index contributed by atoms with van der Waals surface area (Å²) in [5.41, 5.74) is -1.25. The average Bonchev–Trinajstić information content (AvgIpc) is 3.15. The zero-order valence-corrected chi connectivity index (χ0v) is 24.8. The van der Waals surface area contributed by atoms with Crippen molar-refractivity contribution < 1.29 is 44.5 Å². The summed E-state index contributed by atoms with van der Waals surface area (Å²) in [6.07, 6.45) is 4.76. The molecule has 0 amide bonds. The lowest BCUT2D eigenvalue weighted by molar-refractivity contribution is -0.265. The maximum absolute atomic E-state index is 11.8. The fourth-order valence-corrected chi connectivity index (χ4v) is 10.4. The van der Waals surface area contributed by atoms with E-state index < -0.39 is 44.0 Å². The van der Waals surface area contributed by atoms with E-state index in [9.17, 15) is 36.2 Å². The maximum Gasteiger partial charge on any atom is 0.217 e. The molecule has 226 valence electrons. The number of hydrogen-bond donors (Lipinski definition) is 2. The van der Waals surface area contributed by atoms with Crippen LogP contribution in [-0.2, 0) is 29.2 Å². The van der Waals surface area contributed by atoms with Gasteiger partial charge in [-0.3, -0.25) is 8.37 Å². The normalized spacial score (nSPS) is 43.3. The van der Waals surface area contributed by atoms with E-state index in [2.05, 4.69) is 17.7 Å². The lowest BCUT2D eigenvalue weighted by atomic mass is 9.42. The Balaban J connectivity index is 1.55. The molecule has 0 unspecified atom stereocenters. The van der Waals surface area contributed by atoms with Crippen LogP contribution in [0.4, 0.5) is 0 Å². The van der Waals surface area contributed by atoms with Gasteiger partial charge in [0.25, 0.3) is 0 Å². The smallest absolute Gasteiger partial charge is 0.217 e. The van der Waals surface area contributed by atoms with Crippen molar-refractivity contribution in [1.29, 1.82) is 0 Å². The van der Waals surface area contributed by atoms with Gasteiger partial charge in [0.2, 0.25) is 20.8 Å². The molecule has 0 aromatic rings. The molecule has 4 aliphatic carbocycles. The molecular weight excluding hydrogens is 548 g/mol. The minimum absolute atomic E-state index is 0.0702. The van der Waals surface area contributed by atoms with E-state index >= 15 is 0 Å². The minimum Gasteiger partial charge on any atom is -0.726 e. The third-order valence-corrected chi connectivity index (χ3v) is 12.3. The van der Waals surface area contributed by atoms with E-state index in [1.165, 1.54) is 0 Å². The van der Waals surface area contributed by atoms with Crippen molar-refractivity contribution in [1.82, 2.24) is 0 Å².